The van der Waals surface area contributed by atoms with E-state index in [1.807, 2.05) is 6.08 Å². The SMILES string of the molecule is C=CC(=O)/C(C)=C/C(=C)N1CC2(CC[C@H]1N)CC2CC. The molecule has 1 aliphatic carbocycles. The van der Waals surface area contributed by atoms with Gasteiger partial charge in [-0.25, -0.2) is 0 Å². The van der Waals surface area contributed by atoms with E-state index in [0.29, 0.717) is 11.0 Å². The van der Waals surface area contributed by atoms with Crippen LogP contribution in [0.25, 0.3) is 0 Å². The Morgan fingerprint density at radius 1 is 1.55 bits per heavy atom. The van der Waals surface area contributed by atoms with Gasteiger partial charge in [0.2, 0.25) is 0 Å². The van der Waals surface area contributed by atoms with Crippen molar-refractivity contribution in [1.29, 1.82) is 0 Å². The molecule has 3 heteroatoms. The van der Waals surface area contributed by atoms with E-state index in [1.54, 1.807) is 6.92 Å². The minimum atomic E-state index is -0.0516. The average molecular weight is 274 g/mol. The zero-order chi connectivity index (χ0) is 14.9. The molecular formula is C17H26N2O. The predicted molar refractivity (Wildman–Crippen MR) is 82.8 cm³/mol. The molecule has 2 unspecified atom stereocenters. The molecule has 1 saturated heterocycles. The highest BCUT2D eigenvalue weighted by Gasteiger charge is 2.55. The molecule has 3 nitrogen and oxygen atoms in total. The van der Waals surface area contributed by atoms with Gasteiger partial charge in [-0.3, -0.25) is 4.79 Å². The summed E-state index contributed by atoms with van der Waals surface area (Å²) >= 11 is 0. The van der Waals surface area contributed by atoms with Crippen LogP contribution in [0.2, 0.25) is 0 Å². The van der Waals surface area contributed by atoms with Gasteiger partial charge in [-0.1, -0.05) is 26.5 Å². The number of rotatable bonds is 5. The van der Waals surface area contributed by atoms with Gasteiger partial charge >= 0.3 is 0 Å². The van der Waals surface area contributed by atoms with Crippen molar-refractivity contribution in [2.24, 2.45) is 17.1 Å². The molecule has 0 bridgehead atoms. The predicted octanol–water partition coefficient (Wildman–Crippen LogP) is 3.00. The molecule has 110 valence electrons. The molecule has 2 aliphatic rings. The van der Waals surface area contributed by atoms with Crippen molar-refractivity contribution < 1.29 is 4.79 Å². The summed E-state index contributed by atoms with van der Waals surface area (Å²) in [6.07, 6.45) is 8.00. The van der Waals surface area contributed by atoms with Crippen LogP contribution in [0, 0.1) is 11.3 Å². The Kier molecular flexibility index (Phi) is 4.19. The summed E-state index contributed by atoms with van der Waals surface area (Å²) in [5, 5.41) is 0. The van der Waals surface area contributed by atoms with Gasteiger partial charge in [-0.2, -0.15) is 0 Å². The molecule has 1 saturated carbocycles. The minimum Gasteiger partial charge on any atom is -0.356 e. The first kappa shape index (κ1) is 15.0. The standard InChI is InChI=1S/C17H26N2O/c1-5-14-10-17(14)8-7-16(18)19(11-17)13(4)9-12(3)15(20)6-2/h6,9,14,16H,2,4-5,7-8,10-11,18H2,1,3H3/b12-9+/t14?,16-,17?/m0/s1. The summed E-state index contributed by atoms with van der Waals surface area (Å²) in [4.78, 5) is 13.8. The number of ketones is 1. The average Bonchev–Trinajstić information content (AvgIpc) is 3.13. The second kappa shape index (κ2) is 5.57. The Morgan fingerprint density at radius 2 is 2.25 bits per heavy atom. The molecule has 1 heterocycles. The molecule has 1 aliphatic heterocycles. The molecule has 2 rings (SSSR count). The van der Waals surface area contributed by atoms with Crippen molar-refractivity contribution in [1.82, 2.24) is 4.90 Å². The third-order valence-corrected chi connectivity index (χ3v) is 5.00. The zero-order valence-electron chi connectivity index (χ0n) is 12.7. The topological polar surface area (TPSA) is 46.3 Å². The molecule has 2 N–H and O–H groups in total. The summed E-state index contributed by atoms with van der Waals surface area (Å²) in [7, 11) is 0. The number of allylic oxidation sites excluding steroid dienone is 3. The Labute approximate surface area is 122 Å². The third kappa shape index (κ3) is 2.73. The highest BCUT2D eigenvalue weighted by molar-refractivity contribution is 6.03. The van der Waals surface area contributed by atoms with Crippen LogP contribution in [-0.2, 0) is 4.79 Å². The number of nitrogens with zero attached hydrogens (tertiary/aromatic N) is 1. The third-order valence-electron chi connectivity index (χ3n) is 5.00. The molecule has 1 spiro atoms. The summed E-state index contributed by atoms with van der Waals surface area (Å²) in [5.74, 6) is 0.787. The monoisotopic (exact) mass is 274 g/mol. The second-order valence-electron chi connectivity index (χ2n) is 6.29. The number of hydrogen-bond donors (Lipinski definition) is 1. The van der Waals surface area contributed by atoms with Gasteiger partial charge in [-0.05, 0) is 55.2 Å². The summed E-state index contributed by atoms with van der Waals surface area (Å²) in [6, 6.07) is 0. The first-order chi connectivity index (χ1) is 9.43. The van der Waals surface area contributed by atoms with E-state index < -0.39 is 0 Å². The second-order valence-corrected chi connectivity index (χ2v) is 6.29. The van der Waals surface area contributed by atoms with Gasteiger partial charge in [0.1, 0.15) is 0 Å². The largest absolute Gasteiger partial charge is 0.356 e. The van der Waals surface area contributed by atoms with E-state index in [9.17, 15) is 4.79 Å². The van der Waals surface area contributed by atoms with E-state index in [-0.39, 0.29) is 11.9 Å². The lowest BCUT2D eigenvalue weighted by atomic mass is 9.89. The van der Waals surface area contributed by atoms with Crippen molar-refractivity contribution in [2.75, 3.05) is 6.54 Å². The quantitative estimate of drug-likeness (QED) is 0.619. The van der Waals surface area contributed by atoms with E-state index in [4.69, 9.17) is 5.73 Å². The van der Waals surface area contributed by atoms with Gasteiger partial charge in [0.15, 0.2) is 5.78 Å². The fraction of sp³-hybridized carbons (Fsp3) is 0.588. The number of carbonyl (C=O) groups is 1. The summed E-state index contributed by atoms with van der Waals surface area (Å²) in [5.41, 5.74) is 8.21. The number of hydrogen-bond acceptors (Lipinski definition) is 3. The van der Waals surface area contributed by atoms with Gasteiger partial charge in [0, 0.05) is 12.2 Å². The van der Waals surface area contributed by atoms with Gasteiger partial charge in [0.05, 0.1) is 6.17 Å². The normalized spacial score (nSPS) is 33.1. The van der Waals surface area contributed by atoms with Crippen LogP contribution in [0.5, 0.6) is 0 Å². The minimum absolute atomic E-state index is 0.0223. The lowest BCUT2D eigenvalue weighted by molar-refractivity contribution is -0.111. The fourth-order valence-electron chi connectivity index (χ4n) is 3.52. The fourth-order valence-corrected chi connectivity index (χ4v) is 3.52. The number of likely N-dealkylation sites (tertiary alicyclic amines) is 1. The number of carbonyl (C=O) groups excluding carboxylic acids is 1. The van der Waals surface area contributed by atoms with Crippen molar-refractivity contribution in [3.63, 3.8) is 0 Å². The molecule has 2 fully saturated rings. The van der Waals surface area contributed by atoms with Crippen LogP contribution in [0.15, 0.2) is 36.6 Å². The molecule has 0 aromatic carbocycles. The van der Waals surface area contributed by atoms with E-state index in [2.05, 4.69) is 25.0 Å². The number of piperidine rings is 1. The Hall–Kier alpha value is -1.35. The molecule has 0 amide bonds. The number of nitrogens with two attached hydrogens (primary N) is 1. The van der Waals surface area contributed by atoms with Crippen LogP contribution in [0.1, 0.15) is 39.5 Å². The molecule has 0 radical (unpaired) electrons. The molecule has 3 atom stereocenters. The highest BCUT2D eigenvalue weighted by atomic mass is 16.1. The van der Waals surface area contributed by atoms with E-state index in [0.717, 1.165) is 24.6 Å². The Morgan fingerprint density at radius 3 is 2.80 bits per heavy atom. The maximum atomic E-state index is 11.6. The molecule has 20 heavy (non-hydrogen) atoms. The highest BCUT2D eigenvalue weighted by Crippen LogP contribution is 2.60. The molecule has 0 aromatic rings. The van der Waals surface area contributed by atoms with Crippen LogP contribution in [-0.4, -0.2) is 23.4 Å². The van der Waals surface area contributed by atoms with E-state index >= 15 is 0 Å². The first-order valence-corrected chi connectivity index (χ1v) is 7.49. The first-order valence-electron chi connectivity index (χ1n) is 7.49. The van der Waals surface area contributed by atoms with E-state index in [1.165, 1.54) is 25.3 Å². The van der Waals surface area contributed by atoms with Crippen LogP contribution >= 0.6 is 0 Å². The maximum Gasteiger partial charge on any atom is 0.181 e. The maximum absolute atomic E-state index is 11.6. The van der Waals surface area contributed by atoms with Crippen LogP contribution in [0.3, 0.4) is 0 Å². The van der Waals surface area contributed by atoms with Crippen LogP contribution in [0.4, 0.5) is 0 Å². The van der Waals surface area contributed by atoms with Gasteiger partial charge in [-0.15, -0.1) is 0 Å². The Balaban J connectivity index is 2.08. The summed E-state index contributed by atoms with van der Waals surface area (Å²) < 4.78 is 0. The van der Waals surface area contributed by atoms with Crippen molar-refractivity contribution >= 4 is 5.78 Å². The zero-order valence-corrected chi connectivity index (χ0v) is 12.7. The van der Waals surface area contributed by atoms with Crippen molar-refractivity contribution in [3.8, 4) is 0 Å². The molecule has 0 aromatic heterocycles. The van der Waals surface area contributed by atoms with Crippen LogP contribution < -0.4 is 5.73 Å². The Bertz CT molecular complexity index is 466. The van der Waals surface area contributed by atoms with Crippen molar-refractivity contribution in [2.45, 2.75) is 45.7 Å². The van der Waals surface area contributed by atoms with Crippen molar-refractivity contribution in [3.05, 3.63) is 36.6 Å². The molecular weight excluding hydrogens is 248 g/mol. The summed E-state index contributed by atoms with van der Waals surface area (Å²) in [6.45, 7) is 12.7. The van der Waals surface area contributed by atoms with Gasteiger partial charge in [0.25, 0.3) is 0 Å². The smallest absolute Gasteiger partial charge is 0.181 e. The lowest BCUT2D eigenvalue weighted by Gasteiger charge is -2.40. The lowest BCUT2D eigenvalue weighted by Crippen LogP contribution is -2.48. The van der Waals surface area contributed by atoms with Gasteiger partial charge < -0.3 is 10.6 Å².